The van der Waals surface area contributed by atoms with E-state index in [0.29, 0.717) is 0 Å². The summed E-state index contributed by atoms with van der Waals surface area (Å²) in [6, 6.07) is 0. The molecule has 56 heavy (non-hydrogen) atoms. The lowest BCUT2D eigenvalue weighted by molar-refractivity contribution is -0.396. The van der Waals surface area contributed by atoms with Crippen LogP contribution >= 0.6 is 0 Å². The minimum Gasteiger partial charge on any atom is -0.394 e. The second-order valence-corrected chi connectivity index (χ2v) is 13.9. The molecule has 0 radical (unpaired) electrons. The van der Waals surface area contributed by atoms with Crippen molar-refractivity contribution >= 4 is 0 Å². The molecule has 26 nitrogen and oxygen atoms in total. The number of aliphatic hydroxyl groups is 17. The zero-order valence-corrected chi connectivity index (χ0v) is 29.2. The van der Waals surface area contributed by atoms with Gasteiger partial charge in [0, 0.05) is 0 Å². The van der Waals surface area contributed by atoms with Gasteiger partial charge in [-0.3, -0.25) is 0 Å². The molecule has 0 aromatic heterocycles. The largest absolute Gasteiger partial charge is 0.394 e. The van der Waals surface area contributed by atoms with Crippen molar-refractivity contribution in [3.05, 3.63) is 0 Å². The first-order valence-corrected chi connectivity index (χ1v) is 17.6. The Balaban J connectivity index is 1.33. The predicted molar refractivity (Wildman–Crippen MR) is 167 cm³/mol. The molecule has 0 aliphatic carbocycles. The Hall–Kier alpha value is -1.04. The van der Waals surface area contributed by atoms with Crippen LogP contribution in [0.2, 0.25) is 0 Å². The van der Waals surface area contributed by atoms with Crippen molar-refractivity contribution in [3.8, 4) is 0 Å². The molecule has 0 aromatic rings. The summed E-state index contributed by atoms with van der Waals surface area (Å²) in [5, 5.41) is 177. The molecule has 25 atom stereocenters. The Morgan fingerprint density at radius 2 is 0.536 bits per heavy atom. The summed E-state index contributed by atoms with van der Waals surface area (Å²) in [4.78, 5) is 0. The minimum atomic E-state index is -2.18. The monoisotopic (exact) mass is 828 g/mol. The van der Waals surface area contributed by atoms with E-state index in [1.165, 1.54) is 0 Å². The lowest BCUT2D eigenvalue weighted by Crippen LogP contribution is -2.68. The van der Waals surface area contributed by atoms with E-state index in [1.54, 1.807) is 0 Å². The van der Waals surface area contributed by atoms with E-state index in [-0.39, 0.29) is 0 Å². The van der Waals surface area contributed by atoms with Crippen LogP contribution in [-0.4, -0.2) is 273 Å². The molecule has 5 rings (SSSR count). The summed E-state index contributed by atoms with van der Waals surface area (Å²) in [5.74, 6) is 0. The van der Waals surface area contributed by atoms with Crippen molar-refractivity contribution in [2.24, 2.45) is 0 Å². The lowest BCUT2D eigenvalue weighted by atomic mass is 9.95. The Kier molecular flexibility index (Phi) is 16.1. The molecule has 5 fully saturated rings. The zero-order chi connectivity index (χ0) is 41.3. The molecule has 0 aromatic carbocycles. The van der Waals surface area contributed by atoms with E-state index in [0.717, 1.165) is 0 Å². The third kappa shape index (κ3) is 9.16. The number of ether oxygens (including phenoxy) is 9. The highest BCUT2D eigenvalue weighted by molar-refractivity contribution is 4.99. The van der Waals surface area contributed by atoms with Gasteiger partial charge in [-0.1, -0.05) is 0 Å². The quantitative estimate of drug-likeness (QED) is 0.0819. The first-order chi connectivity index (χ1) is 26.5. The Morgan fingerprint density at radius 3 is 0.875 bits per heavy atom. The van der Waals surface area contributed by atoms with Crippen LogP contribution in [0.4, 0.5) is 0 Å². The second-order valence-electron chi connectivity index (χ2n) is 13.9. The highest BCUT2D eigenvalue weighted by atomic mass is 16.8. The van der Waals surface area contributed by atoms with E-state index < -0.39 is 187 Å². The number of rotatable bonds is 13. The second kappa shape index (κ2) is 19.6. The summed E-state index contributed by atoms with van der Waals surface area (Å²) in [6.45, 7) is -4.54. The third-order valence-corrected chi connectivity index (χ3v) is 10.3. The topological polar surface area (TPSA) is 427 Å². The smallest absolute Gasteiger partial charge is 0.187 e. The first-order valence-electron chi connectivity index (χ1n) is 17.6. The van der Waals surface area contributed by atoms with Gasteiger partial charge in [0.15, 0.2) is 31.5 Å². The molecule has 328 valence electrons. The van der Waals surface area contributed by atoms with Crippen LogP contribution in [0.5, 0.6) is 0 Å². The van der Waals surface area contributed by atoms with Crippen LogP contribution < -0.4 is 0 Å². The molecule has 0 amide bonds. The minimum absolute atomic E-state index is 0.802. The molecule has 5 aliphatic rings. The molecule has 0 saturated carbocycles. The van der Waals surface area contributed by atoms with Crippen molar-refractivity contribution in [1.82, 2.24) is 0 Å². The molecule has 1 unspecified atom stereocenters. The van der Waals surface area contributed by atoms with Crippen LogP contribution in [0.15, 0.2) is 0 Å². The van der Waals surface area contributed by atoms with Gasteiger partial charge >= 0.3 is 0 Å². The average Bonchev–Trinajstić information content (AvgIpc) is 3.18. The van der Waals surface area contributed by atoms with Gasteiger partial charge in [-0.25, -0.2) is 0 Å². The van der Waals surface area contributed by atoms with Crippen LogP contribution in [0, 0.1) is 0 Å². The standard InChI is InChI=1S/C30H52O26/c31-1-6-12(37)17(42)25(26(47)48-6)56-30-21(46)24(15(40)10(5-35)52-30)55-29-20(45)23(14(39)9(4-34)51-29)54-28-19(44)22(13(38)8(3-33)50-28)53-27-18(43)16(41)11(36)7(2-32)49-27/h6-47H,1-5H2/t6-,7-,8-,9-,10-,11-,12-,13-,14-,15-,16+,17+,18+,19+,20+,21+,22+,23+,24+,25+,26?,27-,28-,29-,30-/m1/s1. The van der Waals surface area contributed by atoms with E-state index in [9.17, 15) is 86.8 Å². The van der Waals surface area contributed by atoms with E-state index in [1.807, 2.05) is 0 Å². The molecule has 5 saturated heterocycles. The molecule has 5 aliphatic heterocycles. The maximum Gasteiger partial charge on any atom is 0.187 e. The maximum absolute atomic E-state index is 11.4. The summed E-state index contributed by atoms with van der Waals surface area (Å²) in [7, 11) is 0. The van der Waals surface area contributed by atoms with Gasteiger partial charge in [-0.15, -0.1) is 0 Å². The fourth-order valence-electron chi connectivity index (χ4n) is 7.00. The summed E-state index contributed by atoms with van der Waals surface area (Å²) >= 11 is 0. The van der Waals surface area contributed by atoms with E-state index in [2.05, 4.69) is 0 Å². The SMILES string of the molecule is OC[C@H]1O[C@H](O[C@@H]2[C@H](O)[C@@H](O[C@@H]3[C@H](O)[C@@H](O[C@@H]4[C@H](O)[C@@H](O[C@@H]5C(O)O[C@H](CO)[C@@H](O)[C@@H]5O)O[C@H](CO)[C@H]4O)O[C@H](CO)[C@H]3O)O[C@H](CO)[C@H]2O)[C@@H](O)[C@@H](O)[C@@H]1O. The van der Waals surface area contributed by atoms with Crippen molar-refractivity contribution in [1.29, 1.82) is 0 Å². The molecule has 0 bridgehead atoms. The van der Waals surface area contributed by atoms with Crippen molar-refractivity contribution < 1.29 is 129 Å². The molecule has 26 heteroatoms. The van der Waals surface area contributed by atoms with Gasteiger partial charge in [0.1, 0.15) is 122 Å². The van der Waals surface area contributed by atoms with Crippen LogP contribution in [0.25, 0.3) is 0 Å². The highest BCUT2D eigenvalue weighted by Gasteiger charge is 2.56. The van der Waals surface area contributed by atoms with Crippen molar-refractivity contribution in [2.45, 2.75) is 154 Å². The van der Waals surface area contributed by atoms with E-state index >= 15 is 0 Å². The fourth-order valence-corrected chi connectivity index (χ4v) is 7.00. The molecular formula is C30H52O26. The van der Waals surface area contributed by atoms with Gasteiger partial charge < -0.3 is 129 Å². The number of aliphatic hydroxyl groups excluding tert-OH is 17. The molecule has 17 N–H and O–H groups in total. The lowest BCUT2D eigenvalue weighted by Gasteiger charge is -2.49. The summed E-state index contributed by atoms with van der Waals surface area (Å²) in [6.07, 6.45) is -47.1. The highest BCUT2D eigenvalue weighted by Crippen LogP contribution is 2.35. The number of hydrogen-bond acceptors (Lipinski definition) is 26. The van der Waals surface area contributed by atoms with E-state index in [4.69, 9.17) is 42.6 Å². The van der Waals surface area contributed by atoms with Crippen molar-refractivity contribution in [3.63, 3.8) is 0 Å². The Labute approximate surface area is 316 Å². The zero-order valence-electron chi connectivity index (χ0n) is 29.2. The van der Waals surface area contributed by atoms with Gasteiger partial charge in [-0.2, -0.15) is 0 Å². The maximum atomic E-state index is 11.4. The van der Waals surface area contributed by atoms with Gasteiger partial charge in [0.25, 0.3) is 0 Å². The van der Waals surface area contributed by atoms with Gasteiger partial charge in [0.05, 0.1) is 33.0 Å². The molecule has 0 spiro atoms. The molecule has 5 heterocycles. The van der Waals surface area contributed by atoms with Crippen LogP contribution in [0.1, 0.15) is 0 Å². The Morgan fingerprint density at radius 1 is 0.268 bits per heavy atom. The number of hydrogen-bond donors (Lipinski definition) is 17. The van der Waals surface area contributed by atoms with Crippen LogP contribution in [-0.2, 0) is 42.6 Å². The molecular weight excluding hydrogens is 776 g/mol. The van der Waals surface area contributed by atoms with Crippen LogP contribution in [0.3, 0.4) is 0 Å². The van der Waals surface area contributed by atoms with Gasteiger partial charge in [-0.05, 0) is 0 Å². The summed E-state index contributed by atoms with van der Waals surface area (Å²) in [5.41, 5.74) is 0. The third-order valence-electron chi connectivity index (χ3n) is 10.3. The normalized spacial score (nSPS) is 53.2. The predicted octanol–water partition coefficient (Wildman–Crippen LogP) is -11.9. The fraction of sp³-hybridized carbons (Fsp3) is 1.00. The van der Waals surface area contributed by atoms with Crippen molar-refractivity contribution in [2.75, 3.05) is 33.0 Å². The van der Waals surface area contributed by atoms with Gasteiger partial charge in [0.2, 0.25) is 0 Å². The average molecular weight is 829 g/mol. The summed E-state index contributed by atoms with van der Waals surface area (Å²) < 4.78 is 49.0. The Bertz CT molecular complexity index is 1210. The first kappa shape index (κ1) is 46.0.